The van der Waals surface area contributed by atoms with Crippen molar-refractivity contribution in [1.29, 1.82) is 0 Å². The number of aryl methyl sites for hydroxylation is 1. The number of pyridine rings is 1. The minimum absolute atomic E-state index is 0.280. The predicted molar refractivity (Wildman–Crippen MR) is 142 cm³/mol. The Kier molecular flexibility index (Phi) is 6.38. The number of carbonyl (C=O) groups is 1. The normalized spacial score (nSPS) is 13.8. The van der Waals surface area contributed by atoms with Crippen molar-refractivity contribution in [2.45, 2.75) is 19.3 Å². The number of amides is 1. The van der Waals surface area contributed by atoms with E-state index < -0.39 is 0 Å². The highest BCUT2D eigenvalue weighted by Crippen LogP contribution is 2.30. The molecule has 1 fully saturated rings. The lowest BCUT2D eigenvalue weighted by molar-refractivity contribution is 0.102. The van der Waals surface area contributed by atoms with E-state index in [1.165, 1.54) is 25.0 Å². The SMILES string of the molecule is Cn1cc(-c2ccc3nc(NC(=O)c4ccc(CCN5CCCC5)nc4)cn3n2)c(-c2ccc(F)cc2)n1. The molecule has 6 rings (SSSR count). The quantitative estimate of drug-likeness (QED) is 0.352. The Bertz CT molecular complexity index is 1580. The van der Waals surface area contributed by atoms with Crippen molar-refractivity contribution in [3.05, 3.63) is 84.2 Å². The number of benzene rings is 1. The maximum absolute atomic E-state index is 13.4. The molecule has 1 aromatic carbocycles. The van der Waals surface area contributed by atoms with E-state index >= 15 is 0 Å². The highest BCUT2D eigenvalue weighted by Gasteiger charge is 2.16. The smallest absolute Gasteiger partial charge is 0.258 e. The summed E-state index contributed by atoms with van der Waals surface area (Å²) in [5.41, 5.74) is 5.01. The van der Waals surface area contributed by atoms with Gasteiger partial charge in [-0.3, -0.25) is 14.5 Å². The van der Waals surface area contributed by atoms with E-state index in [-0.39, 0.29) is 11.7 Å². The minimum atomic E-state index is -0.303. The Morgan fingerprint density at radius 1 is 1.00 bits per heavy atom. The molecule has 5 heterocycles. The molecule has 0 radical (unpaired) electrons. The van der Waals surface area contributed by atoms with Gasteiger partial charge in [0.15, 0.2) is 11.5 Å². The molecule has 1 saturated heterocycles. The van der Waals surface area contributed by atoms with Gasteiger partial charge in [0.1, 0.15) is 11.5 Å². The average Bonchev–Trinajstić information content (AvgIpc) is 3.67. The van der Waals surface area contributed by atoms with Crippen LogP contribution in [0.15, 0.2) is 67.1 Å². The molecule has 9 nitrogen and oxygen atoms in total. The number of likely N-dealkylation sites (tertiary alicyclic amines) is 1. The van der Waals surface area contributed by atoms with Crippen LogP contribution in [-0.2, 0) is 13.5 Å². The molecule has 0 aliphatic carbocycles. The highest BCUT2D eigenvalue weighted by molar-refractivity contribution is 6.03. The zero-order chi connectivity index (χ0) is 26.1. The van der Waals surface area contributed by atoms with E-state index in [2.05, 4.69) is 30.4 Å². The van der Waals surface area contributed by atoms with Gasteiger partial charge in [0, 0.05) is 49.2 Å². The Morgan fingerprint density at radius 3 is 2.58 bits per heavy atom. The second kappa shape index (κ2) is 10.1. The van der Waals surface area contributed by atoms with Gasteiger partial charge < -0.3 is 10.2 Å². The number of carbonyl (C=O) groups excluding carboxylic acids is 1. The molecule has 0 unspecified atom stereocenters. The molecule has 192 valence electrons. The second-order valence-electron chi connectivity index (χ2n) is 9.51. The van der Waals surface area contributed by atoms with Crippen LogP contribution < -0.4 is 5.32 Å². The Hall–Kier alpha value is -4.44. The number of nitrogens with one attached hydrogen (secondary N) is 1. The van der Waals surface area contributed by atoms with Crippen LogP contribution in [0, 0.1) is 5.82 Å². The van der Waals surface area contributed by atoms with E-state index in [1.807, 2.05) is 31.4 Å². The molecule has 0 atom stereocenters. The Labute approximate surface area is 219 Å². The summed E-state index contributed by atoms with van der Waals surface area (Å²) in [6.45, 7) is 3.32. The number of imidazole rings is 1. The van der Waals surface area contributed by atoms with Gasteiger partial charge in [-0.2, -0.15) is 10.2 Å². The molecule has 0 bridgehead atoms. The van der Waals surface area contributed by atoms with Gasteiger partial charge in [-0.05, 0) is 74.5 Å². The standard InChI is InChI=1S/C28H27FN8O/c1-35-17-23(27(34-35)19-4-7-21(29)8-5-19)24-10-11-26-31-25(18-37(26)33-24)32-28(38)20-6-9-22(30-16-20)12-15-36-13-2-3-14-36/h4-11,16-18H,2-3,12-15H2,1H3,(H,32,38). The molecule has 0 saturated carbocycles. The lowest BCUT2D eigenvalue weighted by atomic mass is 10.1. The van der Waals surface area contributed by atoms with Gasteiger partial charge in [-0.15, -0.1) is 0 Å². The molecule has 38 heavy (non-hydrogen) atoms. The van der Waals surface area contributed by atoms with Gasteiger partial charge in [0.2, 0.25) is 0 Å². The fourth-order valence-corrected chi connectivity index (χ4v) is 4.76. The molecule has 4 aromatic heterocycles. The van der Waals surface area contributed by atoms with Gasteiger partial charge in [-0.1, -0.05) is 0 Å². The highest BCUT2D eigenvalue weighted by atomic mass is 19.1. The van der Waals surface area contributed by atoms with Crippen LogP contribution in [0.1, 0.15) is 28.9 Å². The average molecular weight is 511 g/mol. The molecular formula is C28H27FN8O. The van der Waals surface area contributed by atoms with E-state index in [0.717, 1.165) is 42.9 Å². The molecule has 1 aliphatic rings. The van der Waals surface area contributed by atoms with Gasteiger partial charge in [0.05, 0.1) is 17.5 Å². The number of nitrogens with zero attached hydrogens (tertiary/aromatic N) is 7. The van der Waals surface area contributed by atoms with Crippen molar-refractivity contribution in [3.63, 3.8) is 0 Å². The molecule has 0 spiro atoms. The molecular weight excluding hydrogens is 483 g/mol. The van der Waals surface area contributed by atoms with Gasteiger partial charge in [-0.25, -0.2) is 13.9 Å². The van der Waals surface area contributed by atoms with Crippen molar-refractivity contribution in [3.8, 4) is 22.5 Å². The maximum atomic E-state index is 13.4. The number of fused-ring (bicyclic) bond motifs is 1. The van der Waals surface area contributed by atoms with Crippen molar-refractivity contribution in [1.82, 2.24) is 34.3 Å². The van der Waals surface area contributed by atoms with Crippen LogP contribution in [0.4, 0.5) is 10.2 Å². The lowest BCUT2D eigenvalue weighted by Gasteiger charge is -2.13. The van der Waals surface area contributed by atoms with Crippen molar-refractivity contribution >= 4 is 17.4 Å². The second-order valence-corrected chi connectivity index (χ2v) is 9.51. The number of rotatable bonds is 7. The molecule has 1 N–H and O–H groups in total. The van der Waals surface area contributed by atoms with Crippen LogP contribution in [0.2, 0.25) is 0 Å². The first kappa shape index (κ1) is 23.9. The molecule has 1 aliphatic heterocycles. The number of hydrogen-bond donors (Lipinski definition) is 1. The van der Waals surface area contributed by atoms with E-state index in [0.29, 0.717) is 28.4 Å². The summed E-state index contributed by atoms with van der Waals surface area (Å²) in [5, 5.41) is 12.1. The summed E-state index contributed by atoms with van der Waals surface area (Å²) in [6, 6.07) is 13.6. The Balaban J connectivity index is 1.17. The Morgan fingerprint density at radius 2 is 1.82 bits per heavy atom. The van der Waals surface area contributed by atoms with Crippen molar-refractivity contribution in [2.75, 3.05) is 25.0 Å². The fourth-order valence-electron chi connectivity index (χ4n) is 4.76. The molecule has 10 heteroatoms. The first-order valence-electron chi connectivity index (χ1n) is 12.7. The third-order valence-electron chi connectivity index (χ3n) is 6.75. The van der Waals surface area contributed by atoms with Crippen LogP contribution in [-0.4, -0.2) is 59.8 Å². The minimum Gasteiger partial charge on any atom is -0.305 e. The predicted octanol–water partition coefficient (Wildman–Crippen LogP) is 4.22. The van der Waals surface area contributed by atoms with Crippen LogP contribution in [0.3, 0.4) is 0 Å². The van der Waals surface area contributed by atoms with Crippen LogP contribution in [0.5, 0.6) is 0 Å². The third-order valence-corrected chi connectivity index (χ3v) is 6.75. The zero-order valence-corrected chi connectivity index (χ0v) is 21.0. The first-order valence-corrected chi connectivity index (χ1v) is 12.7. The maximum Gasteiger partial charge on any atom is 0.258 e. The summed E-state index contributed by atoms with van der Waals surface area (Å²) in [4.78, 5) is 24.2. The number of halogens is 1. The van der Waals surface area contributed by atoms with Crippen LogP contribution in [0.25, 0.3) is 28.2 Å². The number of anilines is 1. The monoisotopic (exact) mass is 510 g/mol. The first-order chi connectivity index (χ1) is 18.5. The van der Waals surface area contributed by atoms with Crippen molar-refractivity contribution < 1.29 is 9.18 Å². The van der Waals surface area contributed by atoms with Gasteiger partial charge >= 0.3 is 0 Å². The fraction of sp³-hybridized carbons (Fsp3) is 0.250. The zero-order valence-electron chi connectivity index (χ0n) is 21.0. The lowest BCUT2D eigenvalue weighted by Crippen LogP contribution is -2.22. The summed E-state index contributed by atoms with van der Waals surface area (Å²) < 4.78 is 16.7. The summed E-state index contributed by atoms with van der Waals surface area (Å²) in [6.07, 6.45) is 8.57. The van der Waals surface area contributed by atoms with Crippen LogP contribution >= 0.6 is 0 Å². The van der Waals surface area contributed by atoms with E-state index in [1.54, 1.807) is 39.8 Å². The van der Waals surface area contributed by atoms with Crippen molar-refractivity contribution in [2.24, 2.45) is 7.05 Å². The number of hydrogen-bond acceptors (Lipinski definition) is 6. The summed E-state index contributed by atoms with van der Waals surface area (Å²) in [7, 11) is 1.83. The summed E-state index contributed by atoms with van der Waals surface area (Å²) in [5.74, 6) is -0.191. The molecule has 5 aromatic rings. The number of aromatic nitrogens is 6. The van der Waals surface area contributed by atoms with E-state index in [9.17, 15) is 9.18 Å². The van der Waals surface area contributed by atoms with Gasteiger partial charge in [0.25, 0.3) is 5.91 Å². The topological polar surface area (TPSA) is 93.2 Å². The van der Waals surface area contributed by atoms with E-state index in [4.69, 9.17) is 0 Å². The molecule has 1 amide bonds. The largest absolute Gasteiger partial charge is 0.305 e. The third kappa shape index (κ3) is 5.03. The summed E-state index contributed by atoms with van der Waals surface area (Å²) >= 11 is 0.